The maximum atomic E-state index is 15.8. The Labute approximate surface area is 314 Å². The number of fused-ring (bicyclic) bond motifs is 4. The molecule has 54 heavy (non-hydrogen) atoms. The lowest BCUT2D eigenvalue weighted by Gasteiger charge is -2.36. The number of benzene rings is 3. The molecule has 1 amide bonds. The van der Waals surface area contributed by atoms with Crippen LogP contribution in [-0.2, 0) is 16.1 Å². The van der Waals surface area contributed by atoms with Gasteiger partial charge < -0.3 is 28.7 Å². The van der Waals surface area contributed by atoms with Crippen molar-refractivity contribution in [3.63, 3.8) is 0 Å². The number of methoxy groups -OCH3 is 1. The number of anilines is 1. The van der Waals surface area contributed by atoms with Gasteiger partial charge in [-0.15, -0.1) is 6.42 Å². The second-order valence-electron chi connectivity index (χ2n) is 15.7. The topological polar surface area (TPSA) is 115 Å². The number of hydrogen-bond donors (Lipinski definition) is 1. The molecule has 2 aromatic heterocycles. The van der Waals surface area contributed by atoms with Crippen LogP contribution in [0.5, 0.6) is 11.8 Å². The molecule has 12 heteroatoms. The zero-order valence-corrected chi connectivity index (χ0v) is 31.5. The van der Waals surface area contributed by atoms with Gasteiger partial charge in [-0.2, -0.15) is 15.1 Å². The number of hydrogen-bond acceptors (Lipinski definition) is 9. The van der Waals surface area contributed by atoms with Crippen LogP contribution in [0.2, 0.25) is 0 Å². The third-order valence-corrected chi connectivity index (χ3v) is 10.5. The molecule has 8 rings (SSSR count). The van der Waals surface area contributed by atoms with E-state index in [-0.39, 0.29) is 48.6 Å². The highest BCUT2D eigenvalue weighted by Crippen LogP contribution is 2.53. The number of H-pyrrole nitrogens is 1. The van der Waals surface area contributed by atoms with E-state index in [1.54, 1.807) is 20.2 Å². The number of ether oxygens (including phenoxy) is 4. The Bertz CT molecular complexity index is 2290. The fraction of sp³-hybridized carbons (Fsp3) is 0.429. The first kappa shape index (κ1) is 35.6. The summed E-state index contributed by atoms with van der Waals surface area (Å²) < 4.78 is 40.2. The SMILES string of the molecule is C#Cc1ccc(COc2c(-c3c(C)c(F)cc4[nH]ncc34)c(C3CC3)cc3c(N4C[C@@H]5C[C@H]4CN5C(=O)OC(C)(C)C)nc(O[C@H](C)COC)nc23)cc1. The van der Waals surface area contributed by atoms with Crippen LogP contribution in [0.4, 0.5) is 15.0 Å². The normalized spacial score (nSPS) is 18.7. The summed E-state index contributed by atoms with van der Waals surface area (Å²) in [6, 6.07) is 11.5. The monoisotopic (exact) mass is 732 g/mol. The number of halogens is 1. The van der Waals surface area contributed by atoms with Crippen LogP contribution < -0.4 is 14.4 Å². The lowest BCUT2D eigenvalue weighted by atomic mass is 9.88. The smallest absolute Gasteiger partial charge is 0.410 e. The molecule has 2 aliphatic heterocycles. The first-order valence-electron chi connectivity index (χ1n) is 18.5. The van der Waals surface area contributed by atoms with E-state index >= 15 is 4.39 Å². The van der Waals surface area contributed by atoms with Gasteiger partial charge >= 0.3 is 12.1 Å². The minimum absolute atomic E-state index is 0.00368. The zero-order chi connectivity index (χ0) is 37.9. The molecular weight excluding hydrogens is 687 g/mol. The molecule has 3 aliphatic rings. The van der Waals surface area contributed by atoms with Crippen LogP contribution in [-0.4, -0.2) is 81.8 Å². The Morgan fingerprint density at radius 2 is 1.87 bits per heavy atom. The fourth-order valence-electron chi connectivity index (χ4n) is 7.86. The van der Waals surface area contributed by atoms with E-state index in [2.05, 4.69) is 27.1 Å². The molecule has 0 unspecified atom stereocenters. The number of nitrogens with zero attached hydrogens (tertiary/aromatic N) is 5. The van der Waals surface area contributed by atoms with Gasteiger partial charge in [0.15, 0.2) is 5.75 Å². The Morgan fingerprint density at radius 3 is 2.54 bits per heavy atom. The molecule has 3 atom stereocenters. The quantitative estimate of drug-likeness (QED) is 0.145. The third kappa shape index (κ3) is 6.66. The predicted octanol–water partition coefficient (Wildman–Crippen LogP) is 7.67. The van der Waals surface area contributed by atoms with Gasteiger partial charge in [0.1, 0.15) is 35.5 Å². The summed E-state index contributed by atoms with van der Waals surface area (Å²) in [5.41, 5.74) is 5.26. The molecule has 4 heterocycles. The largest absolute Gasteiger partial charge is 0.486 e. The van der Waals surface area contributed by atoms with Crippen LogP contribution in [0.3, 0.4) is 0 Å². The van der Waals surface area contributed by atoms with Gasteiger partial charge in [-0.1, -0.05) is 18.1 Å². The van der Waals surface area contributed by atoms with Crippen molar-refractivity contribution in [3.05, 3.63) is 70.7 Å². The maximum absolute atomic E-state index is 15.8. The fourth-order valence-corrected chi connectivity index (χ4v) is 7.86. The zero-order valence-electron chi connectivity index (χ0n) is 31.5. The molecule has 11 nitrogen and oxygen atoms in total. The van der Waals surface area contributed by atoms with E-state index in [1.165, 1.54) is 6.07 Å². The van der Waals surface area contributed by atoms with Crippen molar-refractivity contribution in [2.45, 2.75) is 90.2 Å². The molecule has 1 saturated carbocycles. The highest BCUT2D eigenvalue weighted by Gasteiger charge is 2.48. The highest BCUT2D eigenvalue weighted by atomic mass is 19.1. The van der Waals surface area contributed by atoms with E-state index in [4.69, 9.17) is 35.3 Å². The highest BCUT2D eigenvalue weighted by molar-refractivity contribution is 6.06. The molecule has 0 radical (unpaired) electrons. The summed E-state index contributed by atoms with van der Waals surface area (Å²) in [4.78, 5) is 27.5. The first-order chi connectivity index (χ1) is 25.9. The van der Waals surface area contributed by atoms with Gasteiger partial charge in [0, 0.05) is 47.7 Å². The van der Waals surface area contributed by atoms with Crippen molar-refractivity contribution < 1.29 is 28.1 Å². The van der Waals surface area contributed by atoms with Gasteiger partial charge in [-0.05, 0) is 101 Å². The molecule has 2 bridgehead atoms. The number of rotatable bonds is 10. The minimum Gasteiger partial charge on any atom is -0.486 e. The van der Waals surface area contributed by atoms with E-state index in [0.29, 0.717) is 53.4 Å². The second-order valence-corrected chi connectivity index (χ2v) is 15.7. The van der Waals surface area contributed by atoms with Gasteiger partial charge in [0.25, 0.3) is 0 Å². The second kappa shape index (κ2) is 13.8. The van der Waals surface area contributed by atoms with E-state index in [1.807, 2.05) is 56.9 Å². The molecule has 3 aromatic carbocycles. The number of carbonyl (C=O) groups is 1. The van der Waals surface area contributed by atoms with Crippen molar-refractivity contribution in [3.8, 4) is 35.2 Å². The molecule has 3 fully saturated rings. The van der Waals surface area contributed by atoms with Crippen LogP contribution in [0, 0.1) is 25.1 Å². The minimum atomic E-state index is -0.592. The third-order valence-electron chi connectivity index (χ3n) is 10.5. The van der Waals surface area contributed by atoms with Gasteiger partial charge in [0.05, 0.1) is 30.4 Å². The molecule has 1 N–H and O–H groups in total. The summed E-state index contributed by atoms with van der Waals surface area (Å²) in [5, 5.41) is 8.86. The van der Waals surface area contributed by atoms with Crippen molar-refractivity contribution in [2.75, 3.05) is 31.7 Å². The van der Waals surface area contributed by atoms with Gasteiger partial charge in [0.2, 0.25) is 0 Å². The number of likely N-dealkylation sites (tertiary alicyclic amines) is 1. The summed E-state index contributed by atoms with van der Waals surface area (Å²) in [7, 11) is 1.62. The predicted molar refractivity (Wildman–Crippen MR) is 204 cm³/mol. The van der Waals surface area contributed by atoms with Crippen LogP contribution in [0.1, 0.15) is 75.1 Å². The van der Waals surface area contributed by atoms with Crippen molar-refractivity contribution >= 4 is 33.7 Å². The number of aromatic nitrogens is 4. The molecule has 1 aliphatic carbocycles. The Morgan fingerprint density at radius 1 is 1.09 bits per heavy atom. The maximum Gasteiger partial charge on any atom is 0.410 e. The number of amides is 1. The number of nitrogens with one attached hydrogen (secondary N) is 1. The van der Waals surface area contributed by atoms with Crippen LogP contribution >= 0.6 is 0 Å². The van der Waals surface area contributed by atoms with Gasteiger partial charge in [-0.3, -0.25) is 5.10 Å². The van der Waals surface area contributed by atoms with Gasteiger partial charge in [-0.25, -0.2) is 9.18 Å². The summed E-state index contributed by atoms with van der Waals surface area (Å²) in [5.74, 6) is 3.78. The molecule has 0 spiro atoms. The average Bonchev–Trinajstić information content (AvgIpc) is 3.52. The standard InChI is InChI=1S/C42H45FN6O5/c1-8-25-9-11-26(12-10-25)22-52-38-36(35-24(3)33(43)17-34-32(35)18-44-47-34)30(27-13-14-27)16-31-37(38)45-40(53-23(2)21-51-7)46-39(31)48-19-29-15-28(48)20-49(29)41(50)54-42(4,5)6/h1,9-12,16-18,23,27-29H,13-15,19-22H2,2-7H3,(H,44,47)/t23-,28+,29+/m1/s1. The average molecular weight is 733 g/mol. The van der Waals surface area contributed by atoms with Crippen molar-refractivity contribution in [1.29, 1.82) is 0 Å². The first-order valence-corrected chi connectivity index (χ1v) is 18.5. The molecule has 280 valence electrons. The lowest BCUT2D eigenvalue weighted by Crippen LogP contribution is -2.50. The Kier molecular flexibility index (Phi) is 9.09. The molecular formula is C42H45FN6O5. The number of carbonyl (C=O) groups excluding carboxylic acids is 1. The van der Waals surface area contributed by atoms with Crippen molar-refractivity contribution in [2.24, 2.45) is 0 Å². The Hall–Kier alpha value is -5.41. The number of aromatic amines is 1. The molecule has 5 aromatic rings. The summed E-state index contributed by atoms with van der Waals surface area (Å²) >= 11 is 0. The van der Waals surface area contributed by atoms with E-state index in [9.17, 15) is 4.79 Å². The van der Waals surface area contributed by atoms with Crippen LogP contribution in [0.15, 0.2) is 42.6 Å². The van der Waals surface area contributed by atoms with Crippen LogP contribution in [0.25, 0.3) is 32.9 Å². The summed E-state index contributed by atoms with van der Waals surface area (Å²) in [6.45, 7) is 11.0. The Balaban J connectivity index is 1.33. The summed E-state index contributed by atoms with van der Waals surface area (Å²) in [6.07, 6.45) is 9.49. The lowest BCUT2D eigenvalue weighted by molar-refractivity contribution is 0.0214. The number of terminal acetylenes is 1. The van der Waals surface area contributed by atoms with E-state index < -0.39 is 5.60 Å². The number of piperazine rings is 1. The molecule has 2 saturated heterocycles. The van der Waals surface area contributed by atoms with Crippen molar-refractivity contribution in [1.82, 2.24) is 25.1 Å². The van der Waals surface area contributed by atoms with E-state index in [0.717, 1.165) is 52.3 Å².